The van der Waals surface area contributed by atoms with E-state index in [4.69, 9.17) is 20.4 Å². The van der Waals surface area contributed by atoms with Crippen LogP contribution in [0.3, 0.4) is 0 Å². The van der Waals surface area contributed by atoms with Gasteiger partial charge in [-0.25, -0.2) is 19.7 Å². The van der Waals surface area contributed by atoms with Crippen LogP contribution in [-0.2, 0) is 4.79 Å². The number of pyridine rings is 2. The van der Waals surface area contributed by atoms with Gasteiger partial charge in [0.1, 0.15) is 12.1 Å². The first-order valence-electron chi connectivity index (χ1n) is 9.94. The number of ether oxygens (including phenoxy) is 1. The van der Waals surface area contributed by atoms with Crippen molar-refractivity contribution in [3.63, 3.8) is 0 Å². The Morgan fingerprint density at radius 3 is 2.42 bits per heavy atom. The number of anilines is 1. The summed E-state index contributed by atoms with van der Waals surface area (Å²) in [6.45, 7) is 4.84. The van der Waals surface area contributed by atoms with Crippen LogP contribution in [0.5, 0.6) is 5.88 Å². The quantitative estimate of drug-likeness (QED) is 0.450. The molecule has 0 spiro atoms. The minimum atomic E-state index is -5.08. The summed E-state index contributed by atoms with van der Waals surface area (Å²) >= 11 is 0. The summed E-state index contributed by atoms with van der Waals surface area (Å²) in [4.78, 5) is 22.1. The first-order valence-corrected chi connectivity index (χ1v) is 9.94. The van der Waals surface area contributed by atoms with Crippen LogP contribution >= 0.6 is 0 Å². The lowest BCUT2D eigenvalue weighted by Crippen LogP contribution is -2.22. The summed E-state index contributed by atoms with van der Waals surface area (Å²) in [5, 5.41) is 8.16. The van der Waals surface area contributed by atoms with E-state index < -0.39 is 12.1 Å². The molecule has 0 fully saturated rings. The second kappa shape index (κ2) is 9.72. The van der Waals surface area contributed by atoms with E-state index in [2.05, 4.69) is 39.4 Å². The van der Waals surface area contributed by atoms with E-state index in [0.29, 0.717) is 24.2 Å². The second-order valence-electron chi connectivity index (χ2n) is 7.46. The van der Waals surface area contributed by atoms with Crippen molar-refractivity contribution in [1.29, 1.82) is 0 Å². The number of carbonyl (C=O) groups is 1. The Balaban J connectivity index is 0.000000383. The van der Waals surface area contributed by atoms with Crippen LogP contribution < -0.4 is 10.5 Å². The van der Waals surface area contributed by atoms with E-state index in [-0.39, 0.29) is 6.04 Å². The molecule has 0 saturated heterocycles. The van der Waals surface area contributed by atoms with E-state index in [1.54, 1.807) is 6.20 Å². The molecule has 3 aromatic heterocycles. The number of benzene rings is 1. The molecule has 0 amide bonds. The number of nitrogens with two attached hydrogens (primary N) is 1. The Hall–Kier alpha value is -3.89. The number of halogens is 3. The molecule has 11 heteroatoms. The maximum Gasteiger partial charge on any atom is 0.490 e. The zero-order chi connectivity index (χ0) is 24.2. The van der Waals surface area contributed by atoms with Crippen molar-refractivity contribution in [2.75, 3.05) is 12.3 Å². The number of para-hydroxylation sites is 1. The Labute approximate surface area is 186 Å². The van der Waals surface area contributed by atoms with Gasteiger partial charge in [0, 0.05) is 17.6 Å². The van der Waals surface area contributed by atoms with Crippen molar-refractivity contribution in [2.45, 2.75) is 26.1 Å². The molecule has 8 nitrogen and oxygen atoms in total. The van der Waals surface area contributed by atoms with Gasteiger partial charge in [-0.3, -0.25) is 0 Å². The van der Waals surface area contributed by atoms with Crippen LogP contribution in [-0.4, -0.2) is 43.4 Å². The molecular weight excluding hydrogens is 439 g/mol. The average molecular weight is 461 g/mol. The predicted octanol–water partition coefficient (Wildman–Crippen LogP) is 4.47. The van der Waals surface area contributed by atoms with Gasteiger partial charge in [0.05, 0.1) is 23.4 Å². The zero-order valence-electron chi connectivity index (χ0n) is 17.8. The number of aliphatic carboxylic acids is 1. The van der Waals surface area contributed by atoms with Gasteiger partial charge in [-0.15, -0.1) is 0 Å². The van der Waals surface area contributed by atoms with Crippen LogP contribution in [0.1, 0.15) is 19.9 Å². The fourth-order valence-electron chi connectivity index (χ4n) is 3.22. The van der Waals surface area contributed by atoms with Crippen molar-refractivity contribution >= 4 is 33.7 Å². The number of imidazole rings is 1. The van der Waals surface area contributed by atoms with Crippen LogP contribution in [0.25, 0.3) is 21.9 Å². The molecule has 0 aliphatic heterocycles. The highest BCUT2D eigenvalue weighted by atomic mass is 19.4. The third-order valence-electron chi connectivity index (χ3n) is 4.85. The molecule has 0 radical (unpaired) electrons. The Morgan fingerprint density at radius 2 is 1.82 bits per heavy atom. The lowest BCUT2D eigenvalue weighted by atomic mass is 10.0. The number of rotatable bonds is 5. The van der Waals surface area contributed by atoms with Gasteiger partial charge in [-0.2, -0.15) is 13.2 Å². The number of nitrogen functional groups attached to an aromatic ring is 1. The maximum absolute atomic E-state index is 10.6. The molecular formula is C22H22F3N5O3. The largest absolute Gasteiger partial charge is 0.490 e. The number of nitrogens with zero attached hydrogens (tertiary/aromatic N) is 4. The van der Waals surface area contributed by atoms with Crippen molar-refractivity contribution in [1.82, 2.24) is 19.5 Å². The summed E-state index contributed by atoms with van der Waals surface area (Å²) in [6.07, 6.45) is -1.52. The van der Waals surface area contributed by atoms with Crippen LogP contribution in [0.15, 0.2) is 55.0 Å². The SMILES string of the molecule is CC(C)C(COc1ccccn1)n1cnc2c(N)nc3ccccc3c21.O=C(O)C(F)(F)F. The van der Waals surface area contributed by atoms with E-state index in [0.717, 1.165) is 21.9 Å². The van der Waals surface area contributed by atoms with Crippen molar-refractivity contribution in [3.05, 3.63) is 55.0 Å². The molecule has 3 heterocycles. The minimum Gasteiger partial charge on any atom is -0.475 e. The van der Waals surface area contributed by atoms with Gasteiger partial charge in [-0.05, 0) is 18.1 Å². The van der Waals surface area contributed by atoms with E-state index in [1.165, 1.54) is 0 Å². The van der Waals surface area contributed by atoms with Crippen LogP contribution in [0.4, 0.5) is 19.0 Å². The number of fused-ring (bicyclic) bond motifs is 3. The molecule has 1 aromatic carbocycles. The Morgan fingerprint density at radius 1 is 1.15 bits per heavy atom. The van der Waals surface area contributed by atoms with Crippen molar-refractivity contribution < 1.29 is 27.8 Å². The van der Waals surface area contributed by atoms with Gasteiger partial charge in [0.15, 0.2) is 5.82 Å². The summed E-state index contributed by atoms with van der Waals surface area (Å²) < 4.78 is 39.8. The third kappa shape index (κ3) is 5.48. The highest BCUT2D eigenvalue weighted by Crippen LogP contribution is 2.31. The van der Waals surface area contributed by atoms with Gasteiger partial charge >= 0.3 is 12.1 Å². The van der Waals surface area contributed by atoms with E-state index >= 15 is 0 Å². The monoisotopic (exact) mass is 461 g/mol. The van der Waals surface area contributed by atoms with Crippen molar-refractivity contribution in [3.8, 4) is 5.88 Å². The topological polar surface area (TPSA) is 116 Å². The number of carboxylic acid groups (broad SMARTS) is 1. The Bertz CT molecular complexity index is 1240. The van der Waals surface area contributed by atoms with Gasteiger partial charge < -0.3 is 20.1 Å². The highest BCUT2D eigenvalue weighted by molar-refractivity contribution is 6.06. The first kappa shape index (κ1) is 23.8. The van der Waals surface area contributed by atoms with Gasteiger partial charge in [0.25, 0.3) is 0 Å². The zero-order valence-corrected chi connectivity index (χ0v) is 17.8. The third-order valence-corrected chi connectivity index (χ3v) is 4.85. The van der Waals surface area contributed by atoms with E-state index in [1.807, 2.05) is 42.7 Å². The molecule has 4 aromatic rings. The normalized spacial score (nSPS) is 12.4. The number of aromatic nitrogens is 4. The predicted molar refractivity (Wildman–Crippen MR) is 117 cm³/mol. The first-order chi connectivity index (χ1) is 15.6. The number of carboxylic acids is 1. The number of hydrogen-bond acceptors (Lipinski definition) is 6. The lowest BCUT2D eigenvalue weighted by molar-refractivity contribution is -0.192. The lowest BCUT2D eigenvalue weighted by Gasteiger charge is -2.23. The molecule has 3 N–H and O–H groups in total. The van der Waals surface area contributed by atoms with Gasteiger partial charge in [0.2, 0.25) is 5.88 Å². The molecule has 33 heavy (non-hydrogen) atoms. The molecule has 4 rings (SSSR count). The average Bonchev–Trinajstić information content (AvgIpc) is 3.20. The van der Waals surface area contributed by atoms with Crippen LogP contribution in [0, 0.1) is 5.92 Å². The molecule has 0 saturated carbocycles. The maximum atomic E-state index is 10.6. The summed E-state index contributed by atoms with van der Waals surface area (Å²) in [7, 11) is 0. The van der Waals surface area contributed by atoms with E-state index in [9.17, 15) is 13.2 Å². The summed E-state index contributed by atoms with van der Waals surface area (Å²) in [5.41, 5.74) is 8.74. The molecule has 0 bridgehead atoms. The second-order valence-corrected chi connectivity index (χ2v) is 7.46. The molecule has 1 atom stereocenters. The minimum absolute atomic E-state index is 0.0900. The molecule has 174 valence electrons. The Kier molecular flexibility index (Phi) is 7.00. The number of alkyl halides is 3. The van der Waals surface area contributed by atoms with Crippen LogP contribution in [0.2, 0.25) is 0 Å². The van der Waals surface area contributed by atoms with Crippen molar-refractivity contribution in [2.24, 2.45) is 5.92 Å². The fraction of sp³-hybridized carbons (Fsp3) is 0.273. The smallest absolute Gasteiger partial charge is 0.475 e. The highest BCUT2D eigenvalue weighted by Gasteiger charge is 2.38. The molecule has 0 aliphatic rings. The molecule has 0 aliphatic carbocycles. The summed E-state index contributed by atoms with van der Waals surface area (Å²) in [5.74, 6) is -1.35. The molecule has 1 unspecified atom stereocenters. The summed E-state index contributed by atoms with van der Waals surface area (Å²) in [6, 6.07) is 13.7. The number of hydrogen-bond donors (Lipinski definition) is 2. The fourth-order valence-corrected chi connectivity index (χ4v) is 3.22. The standard InChI is InChI=1S/C20H21N5O.C2HF3O2/c1-13(2)16(11-26-17-9-5-6-10-22-17)25-12-23-18-19(25)14-7-3-4-8-15(14)24-20(18)21;3-2(4,5)1(6)7/h3-10,12-13,16H,11H2,1-2H3,(H2,21,24);(H,6,7). The van der Waals surface area contributed by atoms with Gasteiger partial charge in [-0.1, -0.05) is 38.1 Å².